The van der Waals surface area contributed by atoms with Crippen molar-refractivity contribution in [3.8, 4) is 5.75 Å². The molecule has 158 valence electrons. The Labute approximate surface area is 173 Å². The number of carbonyl (C=O) groups excluding carboxylic acids is 1. The van der Waals surface area contributed by atoms with E-state index in [0.29, 0.717) is 32.5 Å². The molecular formula is C22H30N2O4S. The SMILES string of the molecule is CCOc1ccc(CCCNC(=O)CCCN(C)S(=O)(=O)c2ccccc2)cc1. The molecule has 0 spiro atoms. The van der Waals surface area contributed by atoms with Gasteiger partial charge >= 0.3 is 0 Å². The highest BCUT2D eigenvalue weighted by Crippen LogP contribution is 2.14. The van der Waals surface area contributed by atoms with Crippen molar-refractivity contribution >= 4 is 15.9 Å². The van der Waals surface area contributed by atoms with E-state index in [9.17, 15) is 13.2 Å². The summed E-state index contributed by atoms with van der Waals surface area (Å²) in [5.41, 5.74) is 1.20. The van der Waals surface area contributed by atoms with Crippen LogP contribution in [0.15, 0.2) is 59.5 Å². The van der Waals surface area contributed by atoms with Gasteiger partial charge in [-0.25, -0.2) is 12.7 Å². The Bertz CT molecular complexity index is 852. The highest BCUT2D eigenvalue weighted by atomic mass is 32.2. The van der Waals surface area contributed by atoms with Crippen LogP contribution in [0.2, 0.25) is 0 Å². The number of amides is 1. The topological polar surface area (TPSA) is 75.7 Å². The molecule has 0 aliphatic carbocycles. The van der Waals surface area contributed by atoms with Crippen molar-refractivity contribution in [1.29, 1.82) is 0 Å². The summed E-state index contributed by atoms with van der Waals surface area (Å²) >= 11 is 0. The van der Waals surface area contributed by atoms with Crippen molar-refractivity contribution in [3.05, 3.63) is 60.2 Å². The number of hydrogen-bond donors (Lipinski definition) is 1. The van der Waals surface area contributed by atoms with Crippen LogP contribution in [0.1, 0.15) is 31.7 Å². The van der Waals surface area contributed by atoms with Gasteiger partial charge in [-0.2, -0.15) is 0 Å². The maximum Gasteiger partial charge on any atom is 0.242 e. The van der Waals surface area contributed by atoms with Crippen molar-refractivity contribution in [2.45, 2.75) is 37.5 Å². The summed E-state index contributed by atoms with van der Waals surface area (Å²) < 4.78 is 31.6. The maximum absolute atomic E-state index is 12.4. The Morgan fingerprint density at radius 1 is 1.03 bits per heavy atom. The fraction of sp³-hybridized carbons (Fsp3) is 0.409. The van der Waals surface area contributed by atoms with Crippen molar-refractivity contribution < 1.29 is 17.9 Å². The largest absolute Gasteiger partial charge is 0.494 e. The molecule has 0 saturated heterocycles. The molecule has 6 nitrogen and oxygen atoms in total. The third kappa shape index (κ3) is 7.51. The number of nitrogens with one attached hydrogen (secondary N) is 1. The minimum atomic E-state index is -3.50. The van der Waals surface area contributed by atoms with Gasteiger partial charge in [0.15, 0.2) is 0 Å². The molecule has 2 aromatic carbocycles. The molecule has 0 aromatic heterocycles. The van der Waals surface area contributed by atoms with E-state index in [2.05, 4.69) is 5.32 Å². The minimum Gasteiger partial charge on any atom is -0.494 e. The average molecular weight is 419 g/mol. The van der Waals surface area contributed by atoms with Crippen molar-refractivity contribution in [3.63, 3.8) is 0 Å². The van der Waals surface area contributed by atoms with E-state index in [4.69, 9.17) is 4.74 Å². The summed E-state index contributed by atoms with van der Waals surface area (Å²) in [6.07, 6.45) is 2.51. The van der Waals surface area contributed by atoms with E-state index in [-0.39, 0.29) is 10.8 Å². The number of nitrogens with zero attached hydrogens (tertiary/aromatic N) is 1. The lowest BCUT2D eigenvalue weighted by molar-refractivity contribution is -0.121. The number of sulfonamides is 1. The van der Waals surface area contributed by atoms with Gasteiger partial charge in [-0.1, -0.05) is 30.3 Å². The molecule has 0 heterocycles. The van der Waals surface area contributed by atoms with Gasteiger partial charge in [-0.15, -0.1) is 0 Å². The Hall–Kier alpha value is -2.38. The molecule has 2 aromatic rings. The van der Waals surface area contributed by atoms with E-state index >= 15 is 0 Å². The molecule has 2 rings (SSSR count). The van der Waals surface area contributed by atoms with Gasteiger partial charge in [0.05, 0.1) is 11.5 Å². The molecule has 0 bridgehead atoms. The monoisotopic (exact) mass is 418 g/mol. The van der Waals surface area contributed by atoms with E-state index < -0.39 is 10.0 Å². The van der Waals surface area contributed by atoms with Crippen LogP contribution in [0.25, 0.3) is 0 Å². The van der Waals surface area contributed by atoms with Crippen LogP contribution >= 0.6 is 0 Å². The molecule has 0 aliphatic heterocycles. The Kier molecular flexibility index (Phi) is 9.15. The lowest BCUT2D eigenvalue weighted by Gasteiger charge is -2.17. The van der Waals surface area contributed by atoms with E-state index in [1.165, 1.54) is 16.9 Å². The zero-order chi connectivity index (χ0) is 21.1. The zero-order valence-electron chi connectivity index (χ0n) is 17.1. The van der Waals surface area contributed by atoms with Gasteiger partial charge in [0, 0.05) is 26.6 Å². The predicted octanol–water partition coefficient (Wildman–Crippen LogP) is 3.24. The summed E-state index contributed by atoms with van der Waals surface area (Å²) in [5, 5.41) is 2.90. The first-order chi connectivity index (χ1) is 13.9. The number of carbonyl (C=O) groups is 1. The smallest absolute Gasteiger partial charge is 0.242 e. The van der Waals surface area contributed by atoms with Gasteiger partial charge < -0.3 is 10.1 Å². The fourth-order valence-corrected chi connectivity index (χ4v) is 4.11. The lowest BCUT2D eigenvalue weighted by atomic mass is 10.1. The molecule has 1 N–H and O–H groups in total. The van der Waals surface area contributed by atoms with Gasteiger partial charge in [0.2, 0.25) is 15.9 Å². The first kappa shape index (κ1) is 22.9. The van der Waals surface area contributed by atoms with Crippen LogP contribution in [-0.4, -0.2) is 45.4 Å². The van der Waals surface area contributed by atoms with Gasteiger partial charge in [-0.3, -0.25) is 4.79 Å². The number of rotatable bonds is 12. The summed E-state index contributed by atoms with van der Waals surface area (Å²) in [4.78, 5) is 12.2. The summed E-state index contributed by atoms with van der Waals surface area (Å²) in [5.74, 6) is 0.811. The number of hydrogen-bond acceptors (Lipinski definition) is 4. The zero-order valence-corrected chi connectivity index (χ0v) is 18.0. The molecule has 29 heavy (non-hydrogen) atoms. The van der Waals surface area contributed by atoms with Gasteiger partial charge in [0.25, 0.3) is 0 Å². The van der Waals surface area contributed by atoms with Crippen LogP contribution in [0.3, 0.4) is 0 Å². The van der Waals surface area contributed by atoms with Gasteiger partial charge in [-0.05, 0) is 56.0 Å². The molecule has 0 saturated carbocycles. The maximum atomic E-state index is 12.4. The summed E-state index contributed by atoms with van der Waals surface area (Å²) in [7, 11) is -1.96. The molecule has 0 atom stereocenters. The van der Waals surface area contributed by atoms with Crippen molar-refractivity contribution in [2.24, 2.45) is 0 Å². The highest BCUT2D eigenvalue weighted by Gasteiger charge is 2.19. The average Bonchev–Trinajstić information content (AvgIpc) is 2.73. The second-order valence-electron chi connectivity index (χ2n) is 6.77. The van der Waals surface area contributed by atoms with Crippen LogP contribution in [0.5, 0.6) is 5.75 Å². The fourth-order valence-electron chi connectivity index (χ4n) is 2.88. The number of aryl methyl sites for hydroxylation is 1. The number of benzene rings is 2. The predicted molar refractivity (Wildman–Crippen MR) is 114 cm³/mol. The lowest BCUT2D eigenvalue weighted by Crippen LogP contribution is -2.30. The molecule has 0 radical (unpaired) electrons. The van der Waals surface area contributed by atoms with E-state index in [1.54, 1.807) is 30.3 Å². The summed E-state index contributed by atoms with van der Waals surface area (Å²) in [6.45, 7) is 3.51. The first-order valence-corrected chi connectivity index (χ1v) is 11.4. The molecule has 0 unspecified atom stereocenters. The summed E-state index contributed by atoms with van der Waals surface area (Å²) in [6, 6.07) is 16.3. The minimum absolute atomic E-state index is 0.0535. The van der Waals surface area contributed by atoms with Crippen LogP contribution < -0.4 is 10.1 Å². The molecule has 0 fully saturated rings. The third-order valence-corrected chi connectivity index (χ3v) is 6.40. The Balaban J connectivity index is 1.63. The third-order valence-electron chi connectivity index (χ3n) is 4.53. The van der Waals surface area contributed by atoms with Crippen LogP contribution in [0.4, 0.5) is 0 Å². The quantitative estimate of drug-likeness (QED) is 0.537. The molecule has 0 aliphatic rings. The second-order valence-corrected chi connectivity index (χ2v) is 8.82. The Morgan fingerprint density at radius 2 is 1.72 bits per heavy atom. The van der Waals surface area contributed by atoms with Gasteiger partial charge in [0.1, 0.15) is 5.75 Å². The number of ether oxygens (including phenoxy) is 1. The van der Waals surface area contributed by atoms with Crippen molar-refractivity contribution in [1.82, 2.24) is 9.62 Å². The van der Waals surface area contributed by atoms with E-state index in [0.717, 1.165) is 18.6 Å². The molecule has 7 heteroatoms. The van der Waals surface area contributed by atoms with Crippen LogP contribution in [0, 0.1) is 0 Å². The second kappa shape index (κ2) is 11.6. The van der Waals surface area contributed by atoms with Crippen molar-refractivity contribution in [2.75, 3.05) is 26.7 Å². The van der Waals surface area contributed by atoms with E-state index in [1.807, 2.05) is 31.2 Å². The Morgan fingerprint density at radius 3 is 2.38 bits per heavy atom. The molecular weight excluding hydrogens is 388 g/mol. The first-order valence-electron chi connectivity index (χ1n) is 9.93. The van der Waals surface area contributed by atoms with Crippen LogP contribution in [-0.2, 0) is 21.2 Å². The highest BCUT2D eigenvalue weighted by molar-refractivity contribution is 7.89. The normalized spacial score (nSPS) is 11.4. The standard InChI is InChI=1S/C22H30N2O4S/c1-3-28-20-15-13-19(14-16-20)9-7-17-23-22(25)12-8-18-24(2)29(26,27)21-10-5-4-6-11-21/h4-6,10-11,13-16H,3,7-9,12,17-18H2,1-2H3,(H,23,25). The molecule has 1 amide bonds.